The molecule has 2 aromatic rings. The minimum Gasteiger partial charge on any atom is -0.497 e. The summed E-state index contributed by atoms with van der Waals surface area (Å²) in [5.41, 5.74) is 2.20. The van der Waals surface area contributed by atoms with Crippen LogP contribution in [-0.4, -0.2) is 35.8 Å². The van der Waals surface area contributed by atoms with E-state index < -0.39 is 0 Å². The van der Waals surface area contributed by atoms with Crippen LogP contribution in [0.4, 0.5) is 0 Å². The Morgan fingerprint density at radius 2 is 1.91 bits per heavy atom. The Morgan fingerprint density at radius 1 is 1.26 bits per heavy atom. The molecule has 1 aromatic carbocycles. The standard InChI is InChI=1S/C18H26N2O2S/c1-18(2,3)17-19-14(12-23-17)10-20(4)16(11-21)13-6-8-15(22-5)9-7-13/h6-9,12,16,21H,10-11H2,1-5H3. The summed E-state index contributed by atoms with van der Waals surface area (Å²) in [6.07, 6.45) is 0. The van der Waals surface area contributed by atoms with Crippen molar-refractivity contribution in [2.24, 2.45) is 0 Å². The first-order valence-electron chi connectivity index (χ1n) is 7.75. The summed E-state index contributed by atoms with van der Waals surface area (Å²) < 4.78 is 5.19. The molecular formula is C18H26N2O2S. The highest BCUT2D eigenvalue weighted by Gasteiger charge is 2.21. The molecule has 0 saturated heterocycles. The van der Waals surface area contributed by atoms with Gasteiger partial charge in [0.1, 0.15) is 5.75 Å². The molecule has 1 aromatic heterocycles. The lowest BCUT2D eigenvalue weighted by atomic mass is 9.98. The zero-order valence-corrected chi connectivity index (χ0v) is 15.4. The third-order valence-corrected chi connectivity index (χ3v) is 5.13. The van der Waals surface area contributed by atoms with E-state index in [4.69, 9.17) is 9.72 Å². The summed E-state index contributed by atoms with van der Waals surface area (Å²) in [7, 11) is 3.67. The molecule has 0 spiro atoms. The number of hydrogen-bond donors (Lipinski definition) is 1. The van der Waals surface area contributed by atoms with Crippen LogP contribution in [0.3, 0.4) is 0 Å². The molecule has 4 nitrogen and oxygen atoms in total. The van der Waals surface area contributed by atoms with Crippen molar-refractivity contribution in [1.82, 2.24) is 9.88 Å². The van der Waals surface area contributed by atoms with E-state index in [1.807, 2.05) is 31.3 Å². The molecule has 126 valence electrons. The van der Waals surface area contributed by atoms with Gasteiger partial charge in [0, 0.05) is 17.3 Å². The highest BCUT2D eigenvalue weighted by molar-refractivity contribution is 7.09. The van der Waals surface area contributed by atoms with Crippen LogP contribution in [0.25, 0.3) is 0 Å². The average Bonchev–Trinajstić information content (AvgIpc) is 2.97. The lowest BCUT2D eigenvalue weighted by Crippen LogP contribution is -2.27. The minimum absolute atomic E-state index is 0.0549. The highest BCUT2D eigenvalue weighted by atomic mass is 32.1. The van der Waals surface area contributed by atoms with E-state index in [0.717, 1.165) is 22.0 Å². The molecule has 23 heavy (non-hydrogen) atoms. The number of rotatable bonds is 6. The molecular weight excluding hydrogens is 308 g/mol. The molecule has 0 amide bonds. The second kappa shape index (κ2) is 7.43. The number of aromatic nitrogens is 1. The van der Waals surface area contributed by atoms with Crippen LogP contribution >= 0.6 is 11.3 Å². The summed E-state index contributed by atoms with van der Waals surface area (Å²) in [6, 6.07) is 7.79. The molecule has 0 aliphatic heterocycles. The van der Waals surface area contributed by atoms with Crippen LogP contribution in [0, 0.1) is 0 Å². The Morgan fingerprint density at radius 3 is 2.39 bits per heavy atom. The Labute approximate surface area is 142 Å². The fourth-order valence-corrected chi connectivity index (χ4v) is 3.31. The quantitative estimate of drug-likeness (QED) is 0.876. The van der Waals surface area contributed by atoms with Crippen molar-refractivity contribution < 1.29 is 9.84 Å². The lowest BCUT2D eigenvalue weighted by molar-refractivity contribution is 0.141. The minimum atomic E-state index is -0.0549. The molecule has 0 bridgehead atoms. The Bertz CT molecular complexity index is 617. The summed E-state index contributed by atoms with van der Waals surface area (Å²) in [6.45, 7) is 7.30. The van der Waals surface area contributed by atoms with E-state index in [-0.39, 0.29) is 18.1 Å². The topological polar surface area (TPSA) is 45.6 Å². The van der Waals surface area contributed by atoms with Crippen LogP contribution in [-0.2, 0) is 12.0 Å². The average molecular weight is 334 g/mol. The molecule has 5 heteroatoms. The number of ether oxygens (including phenoxy) is 1. The maximum atomic E-state index is 9.80. The van der Waals surface area contributed by atoms with Gasteiger partial charge in [-0.05, 0) is 24.7 Å². The Kier molecular flexibility index (Phi) is 5.79. The number of hydrogen-bond acceptors (Lipinski definition) is 5. The van der Waals surface area contributed by atoms with Crippen molar-refractivity contribution in [1.29, 1.82) is 0 Å². The predicted octanol–water partition coefficient (Wildman–Crippen LogP) is 3.61. The second-order valence-electron chi connectivity index (χ2n) is 6.78. The largest absolute Gasteiger partial charge is 0.497 e. The number of likely N-dealkylation sites (N-methyl/N-ethyl adjacent to an activating group) is 1. The van der Waals surface area contributed by atoms with Gasteiger partial charge in [0.2, 0.25) is 0 Å². The number of aliphatic hydroxyl groups excluding tert-OH is 1. The van der Waals surface area contributed by atoms with Gasteiger partial charge in [0.15, 0.2) is 0 Å². The van der Waals surface area contributed by atoms with Crippen molar-refractivity contribution in [3.05, 3.63) is 45.9 Å². The molecule has 1 atom stereocenters. The van der Waals surface area contributed by atoms with Crippen molar-refractivity contribution in [2.45, 2.75) is 38.8 Å². The summed E-state index contributed by atoms with van der Waals surface area (Å²) in [5, 5.41) is 13.1. The first kappa shape index (κ1) is 17.9. The fraction of sp³-hybridized carbons (Fsp3) is 0.500. The van der Waals surface area contributed by atoms with Gasteiger partial charge in [-0.1, -0.05) is 32.9 Å². The van der Waals surface area contributed by atoms with Crippen LogP contribution in [0.1, 0.15) is 43.1 Å². The Balaban J connectivity index is 2.10. The number of aliphatic hydroxyl groups is 1. The van der Waals surface area contributed by atoms with Gasteiger partial charge in [-0.25, -0.2) is 4.98 Å². The molecule has 0 fully saturated rings. The second-order valence-corrected chi connectivity index (χ2v) is 7.64. The molecule has 2 rings (SSSR count). The molecule has 0 aliphatic carbocycles. The Hall–Kier alpha value is -1.43. The van der Waals surface area contributed by atoms with Gasteiger partial charge in [-0.2, -0.15) is 0 Å². The lowest BCUT2D eigenvalue weighted by Gasteiger charge is -2.26. The SMILES string of the molecule is COc1ccc(C(CO)N(C)Cc2csc(C(C)(C)C)n2)cc1. The first-order chi connectivity index (χ1) is 10.8. The monoisotopic (exact) mass is 334 g/mol. The molecule has 0 aliphatic rings. The predicted molar refractivity (Wildman–Crippen MR) is 95.1 cm³/mol. The smallest absolute Gasteiger partial charge is 0.118 e. The van der Waals surface area contributed by atoms with Crippen LogP contribution in [0.2, 0.25) is 0 Å². The van der Waals surface area contributed by atoms with Gasteiger partial charge >= 0.3 is 0 Å². The van der Waals surface area contributed by atoms with Crippen molar-refractivity contribution in [3.8, 4) is 5.75 Å². The van der Waals surface area contributed by atoms with Gasteiger partial charge < -0.3 is 9.84 Å². The van der Waals surface area contributed by atoms with Crippen molar-refractivity contribution in [3.63, 3.8) is 0 Å². The van der Waals surface area contributed by atoms with Crippen molar-refractivity contribution >= 4 is 11.3 Å². The molecule has 1 N–H and O–H groups in total. The molecule has 1 heterocycles. The van der Waals surface area contributed by atoms with Crippen LogP contribution in [0.15, 0.2) is 29.6 Å². The van der Waals surface area contributed by atoms with E-state index in [1.54, 1.807) is 18.4 Å². The van der Waals surface area contributed by atoms with Gasteiger partial charge in [0.05, 0.1) is 30.5 Å². The van der Waals surface area contributed by atoms with Crippen molar-refractivity contribution in [2.75, 3.05) is 20.8 Å². The number of thiazole rings is 1. The number of methoxy groups -OCH3 is 1. The summed E-state index contributed by atoms with van der Waals surface area (Å²) in [4.78, 5) is 6.86. The van der Waals surface area contributed by atoms with E-state index in [0.29, 0.717) is 6.54 Å². The maximum Gasteiger partial charge on any atom is 0.118 e. The van der Waals surface area contributed by atoms with Crippen LogP contribution < -0.4 is 4.74 Å². The van der Waals surface area contributed by atoms with E-state index >= 15 is 0 Å². The maximum absolute atomic E-state index is 9.80. The van der Waals surface area contributed by atoms with Gasteiger partial charge in [-0.15, -0.1) is 11.3 Å². The third kappa shape index (κ3) is 4.53. The fourth-order valence-electron chi connectivity index (χ4n) is 2.42. The summed E-state index contributed by atoms with van der Waals surface area (Å²) in [5.74, 6) is 0.822. The molecule has 0 saturated carbocycles. The normalized spacial score (nSPS) is 13.3. The number of nitrogens with zero attached hydrogens (tertiary/aromatic N) is 2. The zero-order valence-electron chi connectivity index (χ0n) is 14.5. The number of benzene rings is 1. The summed E-state index contributed by atoms with van der Waals surface area (Å²) >= 11 is 1.70. The van der Waals surface area contributed by atoms with E-state index in [9.17, 15) is 5.11 Å². The third-order valence-electron chi connectivity index (χ3n) is 3.81. The van der Waals surface area contributed by atoms with Gasteiger partial charge in [-0.3, -0.25) is 4.90 Å². The highest BCUT2D eigenvalue weighted by Crippen LogP contribution is 2.27. The first-order valence-corrected chi connectivity index (χ1v) is 8.63. The molecule has 1 unspecified atom stereocenters. The molecule has 0 radical (unpaired) electrons. The van der Waals surface area contributed by atoms with Gasteiger partial charge in [0.25, 0.3) is 0 Å². The van der Waals surface area contributed by atoms with E-state index in [1.165, 1.54) is 0 Å². The zero-order chi connectivity index (χ0) is 17.0. The van der Waals surface area contributed by atoms with E-state index in [2.05, 4.69) is 31.1 Å². The van der Waals surface area contributed by atoms with Crippen LogP contribution in [0.5, 0.6) is 5.75 Å².